The molecule has 5 nitrogen and oxygen atoms in total. The van der Waals surface area contributed by atoms with E-state index in [0.29, 0.717) is 0 Å². The highest BCUT2D eigenvalue weighted by atomic mass is 16.7. The first-order chi connectivity index (χ1) is 10.8. The Balaban J connectivity index is 1.67. The monoisotopic (exact) mass is 326 g/mol. The van der Waals surface area contributed by atoms with Crippen LogP contribution in [0.4, 0.5) is 0 Å². The van der Waals surface area contributed by atoms with Crippen LogP contribution in [0.5, 0.6) is 0 Å². The number of ether oxygens (including phenoxy) is 2. The van der Waals surface area contributed by atoms with Gasteiger partial charge >= 0.3 is 0 Å². The van der Waals surface area contributed by atoms with Gasteiger partial charge in [-0.1, -0.05) is 0 Å². The lowest BCUT2D eigenvalue weighted by Crippen LogP contribution is -2.68. The van der Waals surface area contributed by atoms with E-state index in [2.05, 4.69) is 37.5 Å². The van der Waals surface area contributed by atoms with Crippen molar-refractivity contribution in [2.75, 3.05) is 39.4 Å². The second kappa shape index (κ2) is 6.26. The Kier molecular flexibility index (Phi) is 4.80. The van der Waals surface area contributed by atoms with Crippen molar-refractivity contribution < 1.29 is 14.6 Å². The zero-order valence-electron chi connectivity index (χ0n) is 15.3. The largest absolute Gasteiger partial charge is 0.392 e. The number of aliphatic hydroxyl groups is 1. The van der Waals surface area contributed by atoms with Gasteiger partial charge in [0.25, 0.3) is 0 Å². The maximum atomic E-state index is 10.1. The van der Waals surface area contributed by atoms with E-state index in [1.54, 1.807) is 0 Å². The molecule has 0 amide bonds. The molecule has 0 bridgehead atoms. The fourth-order valence-electron chi connectivity index (χ4n) is 4.43. The molecule has 3 rings (SSSR count). The van der Waals surface area contributed by atoms with Gasteiger partial charge < -0.3 is 14.6 Å². The summed E-state index contributed by atoms with van der Waals surface area (Å²) in [6.45, 7) is 14.7. The van der Waals surface area contributed by atoms with Crippen LogP contribution in [0.2, 0.25) is 0 Å². The third-order valence-corrected chi connectivity index (χ3v) is 6.81. The van der Waals surface area contributed by atoms with Gasteiger partial charge in [0.05, 0.1) is 19.3 Å². The number of nitrogens with zero attached hydrogens (tertiary/aromatic N) is 2. The fourth-order valence-corrected chi connectivity index (χ4v) is 4.43. The SMILES string of the molecule is CC(C)(N1CCC2(CC1)OCCO2)C(C)(C)N1CCCC(O)C1. The van der Waals surface area contributed by atoms with Gasteiger partial charge in [-0.05, 0) is 47.1 Å². The second-order valence-corrected chi connectivity index (χ2v) is 8.45. The first-order valence-electron chi connectivity index (χ1n) is 9.23. The van der Waals surface area contributed by atoms with Crippen molar-refractivity contribution in [3.8, 4) is 0 Å². The van der Waals surface area contributed by atoms with Crippen LogP contribution >= 0.6 is 0 Å². The summed E-state index contributed by atoms with van der Waals surface area (Å²) in [5.74, 6) is -0.307. The summed E-state index contributed by atoms with van der Waals surface area (Å²) in [6, 6.07) is 0. The van der Waals surface area contributed by atoms with Gasteiger partial charge in [0.1, 0.15) is 0 Å². The third kappa shape index (κ3) is 3.19. The molecule has 5 heteroatoms. The number of rotatable bonds is 3. The number of hydrogen-bond acceptors (Lipinski definition) is 5. The van der Waals surface area contributed by atoms with Gasteiger partial charge in [-0.3, -0.25) is 9.80 Å². The number of β-amino-alcohol motifs (C(OH)–C–C–N with tert-alkyl or cyclic N) is 1. The molecular formula is C18H34N2O3. The van der Waals surface area contributed by atoms with Crippen molar-refractivity contribution >= 4 is 0 Å². The standard InChI is InChI=1S/C18H34N2O3/c1-16(2,17(3,4)20-9-5-6-15(21)14-20)19-10-7-18(8-11-19)22-12-13-23-18/h15,21H,5-14H2,1-4H3. The summed E-state index contributed by atoms with van der Waals surface area (Å²) in [7, 11) is 0. The van der Waals surface area contributed by atoms with Crippen molar-refractivity contribution in [2.24, 2.45) is 0 Å². The molecule has 1 N–H and O–H groups in total. The van der Waals surface area contributed by atoms with Crippen LogP contribution in [-0.4, -0.2) is 77.3 Å². The van der Waals surface area contributed by atoms with E-state index < -0.39 is 0 Å². The summed E-state index contributed by atoms with van der Waals surface area (Å²) >= 11 is 0. The first-order valence-corrected chi connectivity index (χ1v) is 9.23. The number of likely N-dealkylation sites (tertiary alicyclic amines) is 2. The highest BCUT2D eigenvalue weighted by Gasteiger charge is 2.49. The predicted molar refractivity (Wildman–Crippen MR) is 90.4 cm³/mol. The molecule has 3 fully saturated rings. The first kappa shape index (κ1) is 17.6. The van der Waals surface area contributed by atoms with E-state index in [1.807, 2.05) is 0 Å². The Morgan fingerprint density at radius 1 is 0.913 bits per heavy atom. The van der Waals surface area contributed by atoms with E-state index in [1.165, 1.54) is 0 Å². The Hall–Kier alpha value is -0.200. The Morgan fingerprint density at radius 3 is 2.04 bits per heavy atom. The topological polar surface area (TPSA) is 45.2 Å². The predicted octanol–water partition coefficient (Wildman–Crippen LogP) is 1.84. The highest BCUT2D eigenvalue weighted by molar-refractivity contribution is 5.05. The Labute approximate surface area is 140 Å². The Bertz CT molecular complexity index is 408. The molecule has 3 heterocycles. The minimum atomic E-state index is -0.307. The third-order valence-electron chi connectivity index (χ3n) is 6.81. The van der Waals surface area contributed by atoms with Crippen LogP contribution in [-0.2, 0) is 9.47 Å². The smallest absolute Gasteiger partial charge is 0.170 e. The quantitative estimate of drug-likeness (QED) is 0.857. The van der Waals surface area contributed by atoms with Crippen LogP contribution in [0.15, 0.2) is 0 Å². The maximum absolute atomic E-state index is 10.1. The molecular weight excluding hydrogens is 292 g/mol. The maximum Gasteiger partial charge on any atom is 0.170 e. The van der Waals surface area contributed by atoms with E-state index in [0.717, 1.165) is 65.1 Å². The van der Waals surface area contributed by atoms with E-state index in [9.17, 15) is 5.11 Å². The number of piperidine rings is 2. The molecule has 0 aliphatic carbocycles. The fraction of sp³-hybridized carbons (Fsp3) is 1.00. The lowest BCUT2D eigenvalue weighted by molar-refractivity contribution is -0.198. The molecule has 3 saturated heterocycles. The van der Waals surface area contributed by atoms with Gasteiger partial charge in [-0.15, -0.1) is 0 Å². The molecule has 1 spiro atoms. The molecule has 0 aromatic carbocycles. The molecule has 3 aliphatic rings. The van der Waals surface area contributed by atoms with Crippen molar-refractivity contribution in [1.29, 1.82) is 0 Å². The average molecular weight is 326 g/mol. The second-order valence-electron chi connectivity index (χ2n) is 8.45. The normalized spacial score (nSPS) is 30.9. The molecule has 0 radical (unpaired) electrons. The van der Waals surface area contributed by atoms with E-state index in [4.69, 9.17) is 9.47 Å². The minimum absolute atomic E-state index is 0.0102. The molecule has 3 aliphatic heterocycles. The molecule has 0 aromatic rings. The van der Waals surface area contributed by atoms with Gasteiger partial charge in [0.2, 0.25) is 0 Å². The van der Waals surface area contributed by atoms with Crippen molar-refractivity contribution in [3.05, 3.63) is 0 Å². The summed E-state index contributed by atoms with van der Waals surface area (Å²) < 4.78 is 11.7. The van der Waals surface area contributed by atoms with Crippen LogP contribution in [0.1, 0.15) is 53.4 Å². The molecule has 134 valence electrons. The Morgan fingerprint density at radius 2 is 1.48 bits per heavy atom. The van der Waals surface area contributed by atoms with Crippen LogP contribution in [0.3, 0.4) is 0 Å². The molecule has 0 saturated carbocycles. The molecule has 1 unspecified atom stereocenters. The lowest BCUT2D eigenvalue weighted by atomic mass is 9.77. The minimum Gasteiger partial charge on any atom is -0.392 e. The van der Waals surface area contributed by atoms with Crippen molar-refractivity contribution in [1.82, 2.24) is 9.80 Å². The van der Waals surface area contributed by atoms with Crippen LogP contribution < -0.4 is 0 Å². The molecule has 0 aromatic heterocycles. The highest BCUT2D eigenvalue weighted by Crippen LogP contribution is 2.40. The lowest BCUT2D eigenvalue weighted by Gasteiger charge is -2.57. The molecule has 23 heavy (non-hydrogen) atoms. The number of hydrogen-bond donors (Lipinski definition) is 1. The zero-order valence-corrected chi connectivity index (χ0v) is 15.3. The zero-order chi connectivity index (χ0) is 16.7. The van der Waals surface area contributed by atoms with Gasteiger partial charge in [0.15, 0.2) is 5.79 Å². The average Bonchev–Trinajstić information content (AvgIpc) is 2.95. The van der Waals surface area contributed by atoms with Crippen LogP contribution in [0.25, 0.3) is 0 Å². The van der Waals surface area contributed by atoms with Gasteiger partial charge in [-0.25, -0.2) is 0 Å². The van der Waals surface area contributed by atoms with E-state index >= 15 is 0 Å². The van der Waals surface area contributed by atoms with Gasteiger partial charge in [0, 0.05) is 43.6 Å². The number of aliphatic hydroxyl groups excluding tert-OH is 1. The van der Waals surface area contributed by atoms with Gasteiger partial charge in [-0.2, -0.15) is 0 Å². The van der Waals surface area contributed by atoms with Crippen LogP contribution in [0, 0.1) is 0 Å². The summed E-state index contributed by atoms with van der Waals surface area (Å²) in [6.07, 6.45) is 3.76. The molecule has 1 atom stereocenters. The van der Waals surface area contributed by atoms with Crippen molar-refractivity contribution in [3.63, 3.8) is 0 Å². The van der Waals surface area contributed by atoms with E-state index in [-0.39, 0.29) is 23.0 Å². The summed E-state index contributed by atoms with van der Waals surface area (Å²) in [5, 5.41) is 10.1. The summed E-state index contributed by atoms with van der Waals surface area (Å²) in [4.78, 5) is 5.07. The summed E-state index contributed by atoms with van der Waals surface area (Å²) in [5.41, 5.74) is 0.0422. The van der Waals surface area contributed by atoms with Crippen molar-refractivity contribution in [2.45, 2.75) is 76.3 Å².